The van der Waals surface area contributed by atoms with Gasteiger partial charge in [-0.05, 0) is 6.42 Å². The molecular weight excluding hydrogens is 208 g/mol. The van der Waals surface area contributed by atoms with E-state index < -0.39 is 5.97 Å². The Labute approximate surface area is 96.4 Å². The lowest BCUT2D eigenvalue weighted by atomic mass is 10.2. The Morgan fingerprint density at radius 1 is 1.44 bits per heavy atom. The van der Waals surface area contributed by atoms with Gasteiger partial charge in [-0.25, -0.2) is 9.80 Å². The molecule has 0 saturated carbocycles. The Balaban J connectivity index is 0. The summed E-state index contributed by atoms with van der Waals surface area (Å²) >= 11 is 0. The van der Waals surface area contributed by atoms with Crippen molar-refractivity contribution >= 4 is 11.9 Å². The Hall–Kier alpha value is -1.62. The van der Waals surface area contributed by atoms with Crippen LogP contribution in [-0.2, 0) is 9.59 Å². The minimum absolute atomic E-state index is 0.0862. The van der Waals surface area contributed by atoms with Crippen LogP contribution >= 0.6 is 0 Å². The first-order valence-electron chi connectivity index (χ1n) is 4.86. The van der Waals surface area contributed by atoms with Gasteiger partial charge in [-0.2, -0.15) is 0 Å². The van der Waals surface area contributed by atoms with Crippen LogP contribution in [0.4, 0.5) is 0 Å². The number of carboxylic acid groups (broad SMARTS) is 1. The summed E-state index contributed by atoms with van der Waals surface area (Å²) < 4.78 is 0. The lowest BCUT2D eigenvalue weighted by Crippen LogP contribution is -2.36. The SMILES string of the molecule is C=C(CCC)C(=O)NN(C)C.C=CC(=O)O. The van der Waals surface area contributed by atoms with Gasteiger partial charge < -0.3 is 5.11 Å². The molecule has 0 rings (SSSR count). The summed E-state index contributed by atoms with van der Waals surface area (Å²) in [4.78, 5) is 20.3. The first-order chi connectivity index (χ1) is 7.34. The van der Waals surface area contributed by atoms with Crippen molar-refractivity contribution in [3.63, 3.8) is 0 Å². The molecule has 0 radical (unpaired) electrons. The Bertz CT molecular complexity index is 260. The number of carboxylic acids is 1. The molecule has 0 aromatic carbocycles. The molecule has 92 valence electrons. The van der Waals surface area contributed by atoms with Crippen LogP contribution in [0.3, 0.4) is 0 Å². The molecule has 5 nitrogen and oxygen atoms in total. The van der Waals surface area contributed by atoms with Crippen LogP contribution in [0.5, 0.6) is 0 Å². The molecule has 2 N–H and O–H groups in total. The zero-order chi connectivity index (χ0) is 13.1. The number of amides is 1. The van der Waals surface area contributed by atoms with Crippen molar-refractivity contribution in [3.8, 4) is 0 Å². The Kier molecular flexibility index (Phi) is 10.4. The second-order valence-corrected chi connectivity index (χ2v) is 3.23. The smallest absolute Gasteiger partial charge is 0.327 e. The van der Waals surface area contributed by atoms with E-state index >= 15 is 0 Å². The molecule has 0 spiro atoms. The van der Waals surface area contributed by atoms with Crippen LogP contribution in [-0.4, -0.2) is 36.1 Å². The number of aliphatic carboxylic acids is 1. The number of carbonyl (C=O) groups is 2. The normalized spacial score (nSPS) is 8.75. The molecule has 0 aliphatic rings. The van der Waals surface area contributed by atoms with Crippen molar-refractivity contribution in [1.82, 2.24) is 10.4 Å². The van der Waals surface area contributed by atoms with Gasteiger partial charge in [0.2, 0.25) is 0 Å². The Morgan fingerprint density at radius 2 is 1.88 bits per heavy atom. The van der Waals surface area contributed by atoms with E-state index in [1.165, 1.54) is 0 Å². The average Bonchev–Trinajstić information content (AvgIpc) is 2.18. The largest absolute Gasteiger partial charge is 0.478 e. The number of hydrazine groups is 1. The molecule has 0 atom stereocenters. The van der Waals surface area contributed by atoms with E-state index in [1.54, 1.807) is 19.1 Å². The summed E-state index contributed by atoms with van der Waals surface area (Å²) in [6.07, 6.45) is 2.55. The van der Waals surface area contributed by atoms with Crippen LogP contribution in [0, 0.1) is 0 Å². The highest BCUT2D eigenvalue weighted by Gasteiger charge is 2.04. The van der Waals surface area contributed by atoms with Crippen LogP contribution in [0.25, 0.3) is 0 Å². The zero-order valence-electron chi connectivity index (χ0n) is 10.1. The van der Waals surface area contributed by atoms with Crippen molar-refractivity contribution in [2.24, 2.45) is 0 Å². The van der Waals surface area contributed by atoms with Crippen molar-refractivity contribution in [1.29, 1.82) is 0 Å². The molecule has 0 heterocycles. The molecule has 0 aliphatic carbocycles. The standard InChI is InChI=1S/C8H16N2O.C3H4O2/c1-5-6-7(2)8(11)9-10(3)4;1-2-3(4)5/h2,5-6H2,1,3-4H3,(H,9,11);2H,1H2,(H,4,5). The number of nitrogens with zero attached hydrogens (tertiary/aromatic N) is 1. The van der Waals surface area contributed by atoms with Gasteiger partial charge in [-0.3, -0.25) is 10.2 Å². The number of rotatable bonds is 5. The summed E-state index contributed by atoms with van der Waals surface area (Å²) in [6, 6.07) is 0. The molecule has 0 unspecified atom stereocenters. The van der Waals surface area contributed by atoms with Gasteiger partial charge >= 0.3 is 5.97 Å². The lowest BCUT2D eigenvalue weighted by Gasteiger charge is -2.12. The van der Waals surface area contributed by atoms with E-state index in [1.807, 2.05) is 6.92 Å². The number of nitrogens with one attached hydrogen (secondary N) is 1. The van der Waals surface area contributed by atoms with E-state index in [0.29, 0.717) is 5.57 Å². The monoisotopic (exact) mass is 228 g/mol. The quantitative estimate of drug-likeness (QED) is 0.548. The van der Waals surface area contributed by atoms with E-state index in [4.69, 9.17) is 5.11 Å². The van der Waals surface area contributed by atoms with Gasteiger partial charge in [-0.1, -0.05) is 26.5 Å². The minimum atomic E-state index is -0.981. The van der Waals surface area contributed by atoms with E-state index in [2.05, 4.69) is 18.6 Å². The summed E-state index contributed by atoms with van der Waals surface area (Å²) in [5.41, 5.74) is 3.26. The van der Waals surface area contributed by atoms with Gasteiger partial charge in [-0.15, -0.1) is 0 Å². The van der Waals surface area contributed by atoms with Crippen LogP contribution in [0.2, 0.25) is 0 Å². The molecule has 1 amide bonds. The molecule has 0 saturated heterocycles. The molecule has 0 aromatic heterocycles. The number of hydrogen-bond acceptors (Lipinski definition) is 3. The fraction of sp³-hybridized carbons (Fsp3) is 0.455. The maximum absolute atomic E-state index is 11.1. The average molecular weight is 228 g/mol. The highest BCUT2D eigenvalue weighted by molar-refractivity contribution is 5.92. The van der Waals surface area contributed by atoms with Gasteiger partial charge in [0.05, 0.1) is 0 Å². The maximum Gasteiger partial charge on any atom is 0.327 e. The second-order valence-electron chi connectivity index (χ2n) is 3.23. The maximum atomic E-state index is 11.1. The van der Waals surface area contributed by atoms with E-state index in [0.717, 1.165) is 18.9 Å². The lowest BCUT2D eigenvalue weighted by molar-refractivity contribution is -0.131. The molecule has 16 heavy (non-hydrogen) atoms. The molecule has 0 aliphatic heterocycles. The van der Waals surface area contributed by atoms with Gasteiger partial charge in [0.15, 0.2) is 0 Å². The van der Waals surface area contributed by atoms with Gasteiger partial charge in [0, 0.05) is 25.7 Å². The molecule has 0 bridgehead atoms. The topological polar surface area (TPSA) is 69.6 Å². The number of hydrogen-bond donors (Lipinski definition) is 2. The van der Waals surface area contributed by atoms with Gasteiger partial charge in [0.25, 0.3) is 5.91 Å². The predicted molar refractivity (Wildman–Crippen MR) is 63.7 cm³/mol. The highest BCUT2D eigenvalue weighted by Crippen LogP contribution is 2.00. The summed E-state index contributed by atoms with van der Waals surface area (Å²) in [6.45, 7) is 8.64. The fourth-order valence-corrected chi connectivity index (χ4v) is 0.697. The third kappa shape index (κ3) is 12.4. The minimum Gasteiger partial charge on any atom is -0.478 e. The zero-order valence-corrected chi connectivity index (χ0v) is 10.1. The molecule has 0 aromatic rings. The number of carbonyl (C=O) groups excluding carboxylic acids is 1. The second kappa shape index (κ2) is 9.92. The van der Waals surface area contributed by atoms with E-state index in [9.17, 15) is 9.59 Å². The first-order valence-corrected chi connectivity index (χ1v) is 4.86. The van der Waals surface area contributed by atoms with Crippen LogP contribution < -0.4 is 5.43 Å². The first kappa shape index (κ1) is 16.8. The third-order valence-corrected chi connectivity index (χ3v) is 1.37. The van der Waals surface area contributed by atoms with Gasteiger partial charge in [0.1, 0.15) is 0 Å². The molecular formula is C11H20N2O3. The van der Waals surface area contributed by atoms with Crippen molar-refractivity contribution in [2.75, 3.05) is 14.1 Å². The summed E-state index contributed by atoms with van der Waals surface area (Å²) in [7, 11) is 3.55. The van der Waals surface area contributed by atoms with Crippen molar-refractivity contribution in [2.45, 2.75) is 19.8 Å². The van der Waals surface area contributed by atoms with Crippen LogP contribution in [0.1, 0.15) is 19.8 Å². The van der Waals surface area contributed by atoms with E-state index in [-0.39, 0.29) is 5.91 Å². The summed E-state index contributed by atoms with van der Waals surface area (Å²) in [5, 5.41) is 9.22. The molecule has 5 heteroatoms. The molecule has 0 fully saturated rings. The fourth-order valence-electron chi connectivity index (χ4n) is 0.697. The highest BCUT2D eigenvalue weighted by atomic mass is 16.4. The summed E-state index contributed by atoms with van der Waals surface area (Å²) in [5.74, 6) is -1.07. The third-order valence-electron chi connectivity index (χ3n) is 1.37. The van der Waals surface area contributed by atoms with Crippen molar-refractivity contribution < 1.29 is 14.7 Å². The van der Waals surface area contributed by atoms with Crippen molar-refractivity contribution in [3.05, 3.63) is 24.8 Å². The Morgan fingerprint density at radius 3 is 2.12 bits per heavy atom. The predicted octanol–water partition coefficient (Wildman–Crippen LogP) is 1.19. The van der Waals surface area contributed by atoms with Crippen LogP contribution in [0.15, 0.2) is 24.8 Å².